The molecule has 2 atom stereocenters. The summed E-state index contributed by atoms with van der Waals surface area (Å²) < 4.78 is 2.84. The van der Waals surface area contributed by atoms with Crippen LogP contribution in [0.4, 0.5) is 0 Å². The molecule has 1 saturated carbocycles. The molecule has 0 saturated heterocycles. The Morgan fingerprint density at radius 2 is 2.43 bits per heavy atom. The van der Waals surface area contributed by atoms with E-state index < -0.39 is 0 Å². The number of halogens is 1. The average Bonchev–Trinajstić information content (AvgIpc) is 2.51. The van der Waals surface area contributed by atoms with Crippen LogP contribution in [0, 0.1) is 15.7 Å². The normalized spacial score (nSPS) is 27.9. The minimum absolute atomic E-state index is 0.816. The molecule has 1 aliphatic rings. The Morgan fingerprint density at radius 1 is 1.57 bits per heavy atom. The first-order valence-electron chi connectivity index (χ1n) is 5.29. The van der Waals surface area contributed by atoms with Crippen molar-refractivity contribution in [3.8, 4) is 0 Å². The van der Waals surface area contributed by atoms with E-state index in [0.717, 1.165) is 22.2 Å². The molecule has 14 heavy (non-hydrogen) atoms. The van der Waals surface area contributed by atoms with Crippen LogP contribution in [0.15, 0.2) is 6.33 Å². The van der Waals surface area contributed by atoms with Crippen LogP contribution in [0.2, 0.25) is 0 Å². The Balaban J connectivity index is 1.90. The molecule has 78 valence electrons. The molecule has 1 fully saturated rings. The Morgan fingerprint density at radius 3 is 3.07 bits per heavy atom. The van der Waals surface area contributed by atoms with E-state index in [1.165, 1.54) is 25.7 Å². The average molecular weight is 305 g/mol. The van der Waals surface area contributed by atoms with E-state index in [1.54, 1.807) is 0 Å². The Kier molecular flexibility index (Phi) is 3.41. The van der Waals surface area contributed by atoms with Crippen molar-refractivity contribution in [1.82, 2.24) is 14.8 Å². The second-order valence-corrected chi connectivity index (χ2v) is 5.34. The predicted molar refractivity (Wildman–Crippen MR) is 63.9 cm³/mol. The lowest BCUT2D eigenvalue weighted by molar-refractivity contribution is 0.249. The molecule has 0 amide bonds. The fraction of sp³-hybridized carbons (Fsp3) is 0.800. The van der Waals surface area contributed by atoms with E-state index in [0.29, 0.717) is 0 Å². The van der Waals surface area contributed by atoms with E-state index >= 15 is 0 Å². The SMILES string of the molecule is CC1CCCC(Cn2cnc(I)n2)C1. The minimum Gasteiger partial charge on any atom is -0.252 e. The molecule has 0 bridgehead atoms. The summed E-state index contributed by atoms with van der Waals surface area (Å²) >= 11 is 2.16. The van der Waals surface area contributed by atoms with Crippen molar-refractivity contribution >= 4 is 22.6 Å². The van der Waals surface area contributed by atoms with Crippen LogP contribution in [-0.2, 0) is 6.54 Å². The summed E-state index contributed by atoms with van der Waals surface area (Å²) in [6.45, 7) is 3.41. The van der Waals surface area contributed by atoms with Crippen LogP contribution in [0.3, 0.4) is 0 Å². The highest BCUT2D eigenvalue weighted by atomic mass is 127. The summed E-state index contributed by atoms with van der Waals surface area (Å²) in [4.78, 5) is 4.14. The zero-order chi connectivity index (χ0) is 9.97. The predicted octanol–water partition coefficient (Wildman–Crippen LogP) is 2.71. The first-order valence-corrected chi connectivity index (χ1v) is 6.37. The van der Waals surface area contributed by atoms with Crippen molar-refractivity contribution in [3.05, 3.63) is 10.2 Å². The van der Waals surface area contributed by atoms with Gasteiger partial charge in [0.05, 0.1) is 0 Å². The standard InChI is InChI=1S/C10H16IN3/c1-8-3-2-4-9(5-8)6-14-7-12-10(11)13-14/h7-9H,2-6H2,1H3. The van der Waals surface area contributed by atoms with E-state index in [2.05, 4.69) is 39.6 Å². The van der Waals surface area contributed by atoms with Gasteiger partial charge in [-0.2, -0.15) is 0 Å². The molecule has 1 aromatic heterocycles. The van der Waals surface area contributed by atoms with Crippen LogP contribution in [0.1, 0.15) is 32.6 Å². The third kappa shape index (κ3) is 2.68. The third-order valence-electron chi connectivity index (χ3n) is 3.00. The summed E-state index contributed by atoms with van der Waals surface area (Å²) in [7, 11) is 0. The first kappa shape index (κ1) is 10.4. The lowest BCUT2D eigenvalue weighted by atomic mass is 9.82. The molecule has 0 N–H and O–H groups in total. The Hall–Kier alpha value is -0.130. The largest absolute Gasteiger partial charge is 0.252 e. The zero-order valence-electron chi connectivity index (χ0n) is 8.49. The monoisotopic (exact) mass is 305 g/mol. The fourth-order valence-electron chi connectivity index (χ4n) is 2.35. The molecule has 4 heteroatoms. The fourth-order valence-corrected chi connectivity index (χ4v) is 2.75. The number of rotatable bonds is 2. The molecular formula is C10H16IN3. The highest BCUT2D eigenvalue weighted by molar-refractivity contribution is 14.1. The van der Waals surface area contributed by atoms with Crippen LogP contribution in [0.5, 0.6) is 0 Å². The summed E-state index contributed by atoms with van der Waals surface area (Å²) in [5.74, 6) is 1.72. The van der Waals surface area contributed by atoms with E-state index in [4.69, 9.17) is 0 Å². The Bertz CT molecular complexity index is 297. The molecule has 0 aromatic carbocycles. The van der Waals surface area contributed by atoms with Crippen molar-refractivity contribution < 1.29 is 0 Å². The van der Waals surface area contributed by atoms with Gasteiger partial charge in [0.25, 0.3) is 0 Å². The third-order valence-corrected chi connectivity index (χ3v) is 3.49. The summed E-state index contributed by atoms with van der Waals surface area (Å²) in [5, 5.41) is 4.32. The number of hydrogen-bond donors (Lipinski definition) is 0. The Labute approximate surface area is 98.4 Å². The molecule has 1 heterocycles. The van der Waals surface area contributed by atoms with E-state index in [-0.39, 0.29) is 0 Å². The summed E-state index contributed by atoms with van der Waals surface area (Å²) in [6, 6.07) is 0. The first-order chi connectivity index (χ1) is 6.74. The molecule has 2 unspecified atom stereocenters. The molecule has 2 rings (SSSR count). The molecule has 0 aliphatic heterocycles. The molecule has 1 aromatic rings. The van der Waals surface area contributed by atoms with Gasteiger partial charge in [0.2, 0.25) is 3.83 Å². The second-order valence-electron chi connectivity index (χ2n) is 4.37. The summed E-state index contributed by atoms with van der Waals surface area (Å²) in [5.41, 5.74) is 0. The highest BCUT2D eigenvalue weighted by Crippen LogP contribution is 2.29. The van der Waals surface area contributed by atoms with Gasteiger partial charge >= 0.3 is 0 Å². The highest BCUT2D eigenvalue weighted by Gasteiger charge is 2.19. The number of aromatic nitrogens is 3. The minimum atomic E-state index is 0.816. The lowest BCUT2D eigenvalue weighted by Gasteiger charge is -2.26. The quantitative estimate of drug-likeness (QED) is 0.787. The smallest absolute Gasteiger partial charge is 0.211 e. The van der Waals surface area contributed by atoms with Crippen molar-refractivity contribution in [3.63, 3.8) is 0 Å². The zero-order valence-corrected chi connectivity index (χ0v) is 10.6. The van der Waals surface area contributed by atoms with Crippen LogP contribution < -0.4 is 0 Å². The topological polar surface area (TPSA) is 30.7 Å². The van der Waals surface area contributed by atoms with Gasteiger partial charge in [-0.05, 0) is 24.7 Å². The molecule has 3 nitrogen and oxygen atoms in total. The van der Waals surface area contributed by atoms with Gasteiger partial charge < -0.3 is 0 Å². The van der Waals surface area contributed by atoms with Gasteiger partial charge in [-0.3, -0.25) is 4.68 Å². The van der Waals surface area contributed by atoms with Crippen molar-refractivity contribution in [1.29, 1.82) is 0 Å². The van der Waals surface area contributed by atoms with Crippen molar-refractivity contribution in [2.24, 2.45) is 11.8 Å². The van der Waals surface area contributed by atoms with Crippen LogP contribution in [0.25, 0.3) is 0 Å². The maximum absolute atomic E-state index is 4.32. The van der Waals surface area contributed by atoms with Gasteiger partial charge in [0.1, 0.15) is 6.33 Å². The van der Waals surface area contributed by atoms with Gasteiger partial charge in [-0.1, -0.05) is 19.8 Å². The molecule has 0 spiro atoms. The number of hydrogen-bond acceptors (Lipinski definition) is 2. The second kappa shape index (κ2) is 4.59. The van der Waals surface area contributed by atoms with Gasteiger partial charge in [-0.25, -0.2) is 4.98 Å². The molecule has 0 radical (unpaired) electrons. The van der Waals surface area contributed by atoms with Crippen LogP contribution in [-0.4, -0.2) is 14.8 Å². The molecule has 1 aliphatic carbocycles. The van der Waals surface area contributed by atoms with Crippen molar-refractivity contribution in [2.45, 2.75) is 39.2 Å². The maximum atomic E-state index is 4.32. The van der Waals surface area contributed by atoms with E-state index in [1.807, 2.05) is 11.0 Å². The van der Waals surface area contributed by atoms with Crippen LogP contribution >= 0.6 is 22.6 Å². The van der Waals surface area contributed by atoms with E-state index in [9.17, 15) is 0 Å². The van der Waals surface area contributed by atoms with Gasteiger partial charge in [0, 0.05) is 29.1 Å². The number of nitrogens with zero attached hydrogens (tertiary/aromatic N) is 3. The van der Waals surface area contributed by atoms with Gasteiger partial charge in [-0.15, -0.1) is 5.10 Å². The molecular weight excluding hydrogens is 289 g/mol. The maximum Gasteiger partial charge on any atom is 0.211 e. The lowest BCUT2D eigenvalue weighted by Crippen LogP contribution is -2.18. The van der Waals surface area contributed by atoms with Crippen molar-refractivity contribution in [2.75, 3.05) is 0 Å². The summed E-state index contributed by atoms with van der Waals surface area (Å²) in [6.07, 6.45) is 7.36. The van der Waals surface area contributed by atoms with Gasteiger partial charge in [0.15, 0.2) is 0 Å².